The molecule has 18 heavy (non-hydrogen) atoms. The van der Waals surface area contributed by atoms with Gasteiger partial charge < -0.3 is 10.0 Å². The van der Waals surface area contributed by atoms with Crippen LogP contribution in [0.25, 0.3) is 0 Å². The van der Waals surface area contributed by atoms with Gasteiger partial charge >= 0.3 is 5.97 Å². The molecule has 0 aliphatic heterocycles. The number of amides is 1. The molecule has 0 aromatic heterocycles. The van der Waals surface area contributed by atoms with Crippen LogP contribution in [0.3, 0.4) is 0 Å². The summed E-state index contributed by atoms with van der Waals surface area (Å²) in [5.41, 5.74) is -0.147. The average Bonchev–Trinajstić information content (AvgIpc) is 2.21. The van der Waals surface area contributed by atoms with Crippen molar-refractivity contribution in [3.8, 4) is 0 Å². The van der Waals surface area contributed by atoms with Crippen LogP contribution in [0.4, 0.5) is 0 Å². The Bertz CT molecular complexity index is 308. The SMILES string of the molecule is CC(C)CC1(C(=O)N(C)CCCC(=O)O)CCC1. The van der Waals surface area contributed by atoms with E-state index in [2.05, 4.69) is 13.8 Å². The maximum atomic E-state index is 12.4. The van der Waals surface area contributed by atoms with Crippen molar-refractivity contribution in [2.75, 3.05) is 13.6 Å². The molecule has 1 aliphatic rings. The van der Waals surface area contributed by atoms with Crippen LogP contribution < -0.4 is 0 Å². The minimum Gasteiger partial charge on any atom is -0.481 e. The number of aliphatic carboxylic acids is 1. The number of hydrogen-bond acceptors (Lipinski definition) is 2. The second-order valence-corrected chi connectivity index (χ2v) is 5.96. The first-order valence-electron chi connectivity index (χ1n) is 6.85. The van der Waals surface area contributed by atoms with Crippen molar-refractivity contribution < 1.29 is 14.7 Å². The normalized spacial score (nSPS) is 17.3. The van der Waals surface area contributed by atoms with E-state index >= 15 is 0 Å². The summed E-state index contributed by atoms with van der Waals surface area (Å²) in [5.74, 6) is -0.0501. The lowest BCUT2D eigenvalue weighted by Crippen LogP contribution is -2.47. The quantitative estimate of drug-likeness (QED) is 0.760. The van der Waals surface area contributed by atoms with Gasteiger partial charge in [0.2, 0.25) is 5.91 Å². The first-order valence-corrected chi connectivity index (χ1v) is 6.85. The highest BCUT2D eigenvalue weighted by molar-refractivity contribution is 5.83. The maximum absolute atomic E-state index is 12.4. The van der Waals surface area contributed by atoms with Crippen molar-refractivity contribution in [3.05, 3.63) is 0 Å². The summed E-state index contributed by atoms with van der Waals surface area (Å²) in [4.78, 5) is 24.6. The minimum atomic E-state index is -0.795. The number of carbonyl (C=O) groups is 2. The molecule has 0 unspecified atom stereocenters. The smallest absolute Gasteiger partial charge is 0.303 e. The van der Waals surface area contributed by atoms with Crippen molar-refractivity contribution in [3.63, 3.8) is 0 Å². The molecule has 104 valence electrons. The molecule has 1 rings (SSSR count). The van der Waals surface area contributed by atoms with Gasteiger partial charge in [-0.25, -0.2) is 0 Å². The molecule has 4 heteroatoms. The molecule has 1 N–H and O–H groups in total. The fraction of sp³-hybridized carbons (Fsp3) is 0.857. The highest BCUT2D eigenvalue weighted by Crippen LogP contribution is 2.47. The van der Waals surface area contributed by atoms with E-state index in [0.29, 0.717) is 18.9 Å². The fourth-order valence-corrected chi connectivity index (χ4v) is 2.86. The number of nitrogens with zero attached hydrogens (tertiary/aromatic N) is 1. The van der Waals surface area contributed by atoms with Gasteiger partial charge in [-0.3, -0.25) is 9.59 Å². The predicted octanol–water partition coefficient (Wildman–Crippen LogP) is 2.53. The largest absolute Gasteiger partial charge is 0.481 e. The first kappa shape index (κ1) is 15.0. The molecule has 0 bridgehead atoms. The summed E-state index contributed by atoms with van der Waals surface area (Å²) in [7, 11) is 1.80. The number of hydrogen-bond donors (Lipinski definition) is 1. The lowest BCUT2D eigenvalue weighted by molar-refractivity contribution is -0.148. The molecule has 0 atom stereocenters. The van der Waals surface area contributed by atoms with Crippen LogP contribution in [0.15, 0.2) is 0 Å². The van der Waals surface area contributed by atoms with Gasteiger partial charge in [-0.1, -0.05) is 20.3 Å². The Morgan fingerprint density at radius 3 is 2.33 bits per heavy atom. The van der Waals surface area contributed by atoms with E-state index < -0.39 is 5.97 Å². The lowest BCUT2D eigenvalue weighted by atomic mass is 9.63. The standard InChI is InChI=1S/C14H25NO3/c1-11(2)10-14(7-5-8-14)13(18)15(3)9-4-6-12(16)17/h11H,4-10H2,1-3H3,(H,16,17). The van der Waals surface area contributed by atoms with E-state index in [1.807, 2.05) is 0 Å². The molecule has 0 saturated heterocycles. The Labute approximate surface area is 109 Å². The Hall–Kier alpha value is -1.06. The molecule has 4 nitrogen and oxygen atoms in total. The molecule has 1 aliphatic carbocycles. The minimum absolute atomic E-state index is 0.134. The number of carboxylic acid groups (broad SMARTS) is 1. The predicted molar refractivity (Wildman–Crippen MR) is 70.2 cm³/mol. The molecule has 1 amide bonds. The molecule has 0 heterocycles. The van der Waals surface area contributed by atoms with E-state index in [4.69, 9.17) is 5.11 Å². The maximum Gasteiger partial charge on any atom is 0.303 e. The van der Waals surface area contributed by atoms with E-state index in [9.17, 15) is 9.59 Å². The summed E-state index contributed by atoms with van der Waals surface area (Å²) in [6.07, 6.45) is 4.75. The van der Waals surface area contributed by atoms with Gasteiger partial charge in [-0.05, 0) is 31.6 Å². The average molecular weight is 255 g/mol. The molecule has 0 aromatic rings. The van der Waals surface area contributed by atoms with Gasteiger partial charge in [-0.2, -0.15) is 0 Å². The summed E-state index contributed by atoms with van der Waals surface area (Å²) in [6, 6.07) is 0. The Kier molecular flexibility index (Phi) is 5.17. The number of carbonyl (C=O) groups excluding carboxylic acids is 1. The third kappa shape index (κ3) is 3.72. The molecule has 1 saturated carbocycles. The van der Waals surface area contributed by atoms with Crippen molar-refractivity contribution >= 4 is 11.9 Å². The van der Waals surface area contributed by atoms with Gasteiger partial charge in [0.15, 0.2) is 0 Å². The summed E-state index contributed by atoms with van der Waals surface area (Å²) in [5, 5.41) is 8.60. The topological polar surface area (TPSA) is 57.6 Å². The lowest BCUT2D eigenvalue weighted by Gasteiger charge is -2.44. The van der Waals surface area contributed by atoms with Gasteiger partial charge in [0, 0.05) is 25.4 Å². The third-order valence-electron chi connectivity index (χ3n) is 3.79. The van der Waals surface area contributed by atoms with Crippen LogP contribution in [0.5, 0.6) is 0 Å². The van der Waals surface area contributed by atoms with Crippen LogP contribution in [-0.4, -0.2) is 35.5 Å². The van der Waals surface area contributed by atoms with Crippen LogP contribution in [0.1, 0.15) is 52.4 Å². The van der Waals surface area contributed by atoms with Gasteiger partial charge in [-0.15, -0.1) is 0 Å². The summed E-state index contributed by atoms with van der Waals surface area (Å²) < 4.78 is 0. The van der Waals surface area contributed by atoms with Crippen LogP contribution in [0, 0.1) is 11.3 Å². The zero-order valence-corrected chi connectivity index (χ0v) is 11.7. The second kappa shape index (κ2) is 6.21. The Morgan fingerprint density at radius 1 is 1.33 bits per heavy atom. The van der Waals surface area contributed by atoms with Gasteiger partial charge in [0.25, 0.3) is 0 Å². The molecule has 0 spiro atoms. The fourth-order valence-electron chi connectivity index (χ4n) is 2.86. The zero-order valence-electron chi connectivity index (χ0n) is 11.7. The van der Waals surface area contributed by atoms with Crippen LogP contribution >= 0.6 is 0 Å². The van der Waals surface area contributed by atoms with E-state index in [1.54, 1.807) is 11.9 Å². The van der Waals surface area contributed by atoms with Gasteiger partial charge in [0.05, 0.1) is 0 Å². The monoisotopic (exact) mass is 255 g/mol. The van der Waals surface area contributed by atoms with Crippen molar-refractivity contribution in [2.45, 2.75) is 52.4 Å². The Balaban J connectivity index is 2.48. The molecular weight excluding hydrogens is 230 g/mol. The second-order valence-electron chi connectivity index (χ2n) is 5.96. The highest BCUT2D eigenvalue weighted by Gasteiger charge is 2.45. The molecular formula is C14H25NO3. The van der Waals surface area contributed by atoms with Crippen molar-refractivity contribution in [2.24, 2.45) is 11.3 Å². The third-order valence-corrected chi connectivity index (χ3v) is 3.79. The van der Waals surface area contributed by atoms with E-state index in [-0.39, 0.29) is 17.7 Å². The number of rotatable bonds is 7. The zero-order chi connectivity index (χ0) is 13.8. The number of carboxylic acids is 1. The summed E-state index contributed by atoms with van der Waals surface area (Å²) >= 11 is 0. The Morgan fingerprint density at radius 2 is 1.94 bits per heavy atom. The van der Waals surface area contributed by atoms with Crippen molar-refractivity contribution in [1.82, 2.24) is 4.90 Å². The molecule has 1 fully saturated rings. The first-order chi connectivity index (χ1) is 8.37. The molecule has 0 radical (unpaired) electrons. The van der Waals surface area contributed by atoms with Gasteiger partial charge in [0.1, 0.15) is 0 Å². The van der Waals surface area contributed by atoms with E-state index in [1.165, 1.54) is 0 Å². The molecule has 0 aromatic carbocycles. The van der Waals surface area contributed by atoms with Crippen LogP contribution in [0.2, 0.25) is 0 Å². The van der Waals surface area contributed by atoms with Crippen LogP contribution in [-0.2, 0) is 9.59 Å². The summed E-state index contributed by atoms with van der Waals surface area (Å²) in [6.45, 7) is 4.85. The van der Waals surface area contributed by atoms with Crippen molar-refractivity contribution in [1.29, 1.82) is 0 Å². The highest BCUT2D eigenvalue weighted by atomic mass is 16.4. The van der Waals surface area contributed by atoms with E-state index in [0.717, 1.165) is 25.7 Å².